The van der Waals surface area contributed by atoms with E-state index in [1.807, 2.05) is 32.9 Å². The maximum Gasteiger partial charge on any atom is 0.408 e. The SMILES string of the molecule is CN1CCN(c2ccc(C#CCNC(=O)OC(C)(C)C)cc2)CC1. The van der Waals surface area contributed by atoms with Crippen LogP contribution in [0.4, 0.5) is 10.5 Å². The molecule has 0 atom stereocenters. The molecule has 1 heterocycles. The smallest absolute Gasteiger partial charge is 0.408 e. The number of rotatable bonds is 2. The van der Waals surface area contributed by atoms with E-state index in [1.165, 1.54) is 5.69 Å². The molecular weight excluding hydrogens is 302 g/mol. The van der Waals surface area contributed by atoms with Crippen LogP contribution in [0.3, 0.4) is 0 Å². The van der Waals surface area contributed by atoms with Gasteiger partial charge in [0.25, 0.3) is 0 Å². The van der Waals surface area contributed by atoms with Gasteiger partial charge >= 0.3 is 6.09 Å². The monoisotopic (exact) mass is 329 g/mol. The maximum atomic E-state index is 11.5. The van der Waals surface area contributed by atoms with E-state index in [0.717, 1.165) is 31.7 Å². The molecule has 1 aromatic carbocycles. The molecule has 0 saturated carbocycles. The minimum Gasteiger partial charge on any atom is -0.444 e. The largest absolute Gasteiger partial charge is 0.444 e. The lowest BCUT2D eigenvalue weighted by Crippen LogP contribution is -2.44. The molecule has 1 aromatic rings. The average molecular weight is 329 g/mol. The molecule has 0 unspecified atom stereocenters. The molecule has 130 valence electrons. The van der Waals surface area contributed by atoms with E-state index in [1.54, 1.807) is 0 Å². The second-order valence-corrected chi connectivity index (χ2v) is 6.99. The molecule has 0 bridgehead atoms. The number of hydrogen-bond donors (Lipinski definition) is 1. The van der Waals surface area contributed by atoms with E-state index in [2.05, 4.69) is 46.1 Å². The van der Waals surface area contributed by atoms with Crippen LogP contribution in [0.25, 0.3) is 0 Å². The van der Waals surface area contributed by atoms with Crippen LogP contribution in [0.5, 0.6) is 0 Å². The molecule has 24 heavy (non-hydrogen) atoms. The highest BCUT2D eigenvalue weighted by Gasteiger charge is 2.15. The van der Waals surface area contributed by atoms with E-state index >= 15 is 0 Å². The molecule has 0 spiro atoms. The van der Waals surface area contributed by atoms with Gasteiger partial charge in [-0.05, 0) is 52.1 Å². The maximum absolute atomic E-state index is 11.5. The fourth-order valence-electron chi connectivity index (χ4n) is 2.40. The number of alkyl carbamates (subject to hydrolysis) is 1. The predicted molar refractivity (Wildman–Crippen MR) is 97.3 cm³/mol. The highest BCUT2D eigenvalue weighted by atomic mass is 16.6. The minimum absolute atomic E-state index is 0.273. The second-order valence-electron chi connectivity index (χ2n) is 6.99. The van der Waals surface area contributed by atoms with Gasteiger partial charge in [0.2, 0.25) is 0 Å². The summed E-state index contributed by atoms with van der Waals surface area (Å²) in [5, 5.41) is 2.63. The topological polar surface area (TPSA) is 44.8 Å². The van der Waals surface area contributed by atoms with Gasteiger partial charge in [0.15, 0.2) is 0 Å². The van der Waals surface area contributed by atoms with Crippen molar-refractivity contribution in [2.24, 2.45) is 0 Å². The Labute approximate surface area is 145 Å². The summed E-state index contributed by atoms with van der Waals surface area (Å²) < 4.78 is 5.15. The Kier molecular flexibility index (Phi) is 6.10. The van der Waals surface area contributed by atoms with Gasteiger partial charge in [0.05, 0.1) is 6.54 Å². The van der Waals surface area contributed by atoms with Crippen molar-refractivity contribution < 1.29 is 9.53 Å². The highest BCUT2D eigenvalue weighted by Crippen LogP contribution is 2.16. The third-order valence-corrected chi connectivity index (χ3v) is 3.69. The van der Waals surface area contributed by atoms with Crippen LogP contribution < -0.4 is 10.2 Å². The van der Waals surface area contributed by atoms with Crippen molar-refractivity contribution in [1.82, 2.24) is 10.2 Å². The summed E-state index contributed by atoms with van der Waals surface area (Å²) in [6, 6.07) is 8.26. The summed E-state index contributed by atoms with van der Waals surface area (Å²) in [4.78, 5) is 16.2. The third kappa shape index (κ3) is 6.13. The number of carbonyl (C=O) groups excluding carboxylic acids is 1. The zero-order valence-electron chi connectivity index (χ0n) is 15.1. The molecule has 1 aliphatic rings. The van der Waals surface area contributed by atoms with E-state index in [4.69, 9.17) is 4.74 Å². The van der Waals surface area contributed by atoms with Crippen LogP contribution in [0.15, 0.2) is 24.3 Å². The first-order chi connectivity index (χ1) is 11.3. The Morgan fingerprint density at radius 3 is 2.38 bits per heavy atom. The van der Waals surface area contributed by atoms with Gasteiger partial charge in [-0.2, -0.15) is 0 Å². The molecule has 0 aliphatic carbocycles. The number of hydrogen-bond acceptors (Lipinski definition) is 4. The lowest BCUT2D eigenvalue weighted by molar-refractivity contribution is 0.0535. The lowest BCUT2D eigenvalue weighted by atomic mass is 10.2. The Morgan fingerprint density at radius 2 is 1.79 bits per heavy atom. The summed E-state index contributed by atoms with van der Waals surface area (Å²) >= 11 is 0. The number of nitrogens with zero attached hydrogens (tertiary/aromatic N) is 2. The Morgan fingerprint density at radius 1 is 1.17 bits per heavy atom. The zero-order chi connectivity index (χ0) is 17.6. The van der Waals surface area contributed by atoms with E-state index in [0.29, 0.717) is 0 Å². The van der Waals surface area contributed by atoms with Crippen molar-refractivity contribution in [3.8, 4) is 11.8 Å². The summed E-state index contributed by atoms with van der Waals surface area (Å²) in [7, 11) is 2.15. The molecule has 1 amide bonds. The standard InChI is InChI=1S/C19H27N3O2/c1-19(2,3)24-18(23)20-11-5-6-16-7-9-17(10-8-16)22-14-12-21(4)13-15-22/h7-10H,11-15H2,1-4H3,(H,20,23). The molecule has 0 aromatic heterocycles. The molecule has 5 nitrogen and oxygen atoms in total. The van der Waals surface area contributed by atoms with Crippen molar-refractivity contribution in [3.05, 3.63) is 29.8 Å². The van der Waals surface area contributed by atoms with Crippen molar-refractivity contribution in [2.75, 3.05) is 44.7 Å². The van der Waals surface area contributed by atoms with Crippen LogP contribution in [0, 0.1) is 11.8 Å². The second kappa shape index (κ2) is 8.07. The number of ether oxygens (including phenoxy) is 1. The number of likely N-dealkylation sites (N-methyl/N-ethyl adjacent to an activating group) is 1. The fourth-order valence-corrected chi connectivity index (χ4v) is 2.40. The summed E-state index contributed by atoms with van der Waals surface area (Å²) in [6.45, 7) is 10.1. The van der Waals surface area contributed by atoms with Crippen molar-refractivity contribution in [1.29, 1.82) is 0 Å². The normalized spacial score (nSPS) is 15.4. The van der Waals surface area contributed by atoms with Crippen molar-refractivity contribution in [3.63, 3.8) is 0 Å². The zero-order valence-corrected chi connectivity index (χ0v) is 15.1. The molecule has 1 fully saturated rings. The van der Waals surface area contributed by atoms with E-state index < -0.39 is 11.7 Å². The first-order valence-electron chi connectivity index (χ1n) is 8.33. The molecule has 0 radical (unpaired) electrons. The number of carbonyl (C=O) groups is 1. The van der Waals surface area contributed by atoms with Crippen LogP contribution in [0.1, 0.15) is 26.3 Å². The van der Waals surface area contributed by atoms with Crippen LogP contribution in [-0.4, -0.2) is 56.4 Å². The van der Waals surface area contributed by atoms with E-state index in [-0.39, 0.29) is 6.54 Å². The van der Waals surface area contributed by atoms with Gasteiger partial charge in [-0.25, -0.2) is 4.79 Å². The Balaban J connectivity index is 1.81. The third-order valence-electron chi connectivity index (χ3n) is 3.69. The molecule has 5 heteroatoms. The molecule has 2 rings (SSSR count). The molecule has 1 aliphatic heterocycles. The fraction of sp³-hybridized carbons (Fsp3) is 0.526. The number of benzene rings is 1. The summed E-state index contributed by atoms with van der Waals surface area (Å²) in [6.07, 6.45) is -0.442. The quantitative estimate of drug-likeness (QED) is 0.846. The van der Waals surface area contributed by atoms with Gasteiger partial charge in [-0.3, -0.25) is 0 Å². The Hall–Kier alpha value is -2.19. The lowest BCUT2D eigenvalue weighted by Gasteiger charge is -2.34. The van der Waals surface area contributed by atoms with Gasteiger partial charge in [-0.1, -0.05) is 11.8 Å². The van der Waals surface area contributed by atoms with Gasteiger partial charge in [-0.15, -0.1) is 0 Å². The number of piperazine rings is 1. The van der Waals surface area contributed by atoms with Gasteiger partial charge in [0, 0.05) is 37.4 Å². The van der Waals surface area contributed by atoms with Crippen LogP contribution in [-0.2, 0) is 4.74 Å². The van der Waals surface area contributed by atoms with Gasteiger partial charge < -0.3 is 19.9 Å². The number of amides is 1. The van der Waals surface area contributed by atoms with Crippen molar-refractivity contribution in [2.45, 2.75) is 26.4 Å². The number of anilines is 1. The number of nitrogens with one attached hydrogen (secondary N) is 1. The first kappa shape index (κ1) is 18.2. The molecule has 1 N–H and O–H groups in total. The van der Waals surface area contributed by atoms with Crippen molar-refractivity contribution >= 4 is 11.8 Å². The van der Waals surface area contributed by atoms with Crippen LogP contribution in [0.2, 0.25) is 0 Å². The minimum atomic E-state index is -0.489. The van der Waals surface area contributed by atoms with Crippen LogP contribution >= 0.6 is 0 Å². The Bertz CT molecular complexity index is 600. The summed E-state index contributed by atoms with van der Waals surface area (Å²) in [5.74, 6) is 5.99. The highest BCUT2D eigenvalue weighted by molar-refractivity contribution is 5.68. The molecular formula is C19H27N3O2. The van der Waals surface area contributed by atoms with Gasteiger partial charge in [0.1, 0.15) is 5.60 Å². The van der Waals surface area contributed by atoms with E-state index in [9.17, 15) is 4.79 Å². The first-order valence-corrected chi connectivity index (χ1v) is 8.33. The summed E-state index contributed by atoms with van der Waals surface area (Å²) in [5.41, 5.74) is 1.69. The predicted octanol–water partition coefficient (Wildman–Crippen LogP) is 2.31. The molecule has 1 saturated heterocycles. The average Bonchev–Trinajstić information content (AvgIpc) is 2.51.